The van der Waals surface area contributed by atoms with Crippen LogP contribution in [0.15, 0.2) is 40.8 Å². The van der Waals surface area contributed by atoms with Crippen LogP contribution < -0.4 is 4.74 Å². The topological polar surface area (TPSA) is 49.1 Å². The van der Waals surface area contributed by atoms with Gasteiger partial charge in [0.05, 0.1) is 13.2 Å². The predicted molar refractivity (Wildman–Crippen MR) is 107 cm³/mol. The first kappa shape index (κ1) is 19.9. The van der Waals surface area contributed by atoms with E-state index in [-0.39, 0.29) is 6.61 Å². The van der Waals surface area contributed by atoms with E-state index in [1.807, 2.05) is 19.1 Å². The minimum Gasteiger partial charge on any atom is -0.494 e. The van der Waals surface area contributed by atoms with Gasteiger partial charge in [0.1, 0.15) is 17.3 Å². The van der Waals surface area contributed by atoms with Crippen LogP contribution in [-0.4, -0.2) is 53.8 Å². The fraction of sp³-hybridized carbons (Fsp3) is 0.545. The van der Waals surface area contributed by atoms with E-state index in [2.05, 4.69) is 41.0 Å². The van der Waals surface area contributed by atoms with Gasteiger partial charge in [-0.25, -0.2) is 0 Å². The number of nitrogens with zero attached hydrogens (tertiary/aromatic N) is 2. The van der Waals surface area contributed by atoms with Crippen LogP contribution in [-0.2, 0) is 19.5 Å². The van der Waals surface area contributed by atoms with E-state index in [4.69, 9.17) is 9.15 Å². The Morgan fingerprint density at radius 3 is 2.48 bits per heavy atom. The van der Waals surface area contributed by atoms with Gasteiger partial charge in [-0.2, -0.15) is 0 Å². The normalized spacial score (nSPS) is 18.7. The molecule has 0 spiro atoms. The van der Waals surface area contributed by atoms with E-state index in [1.165, 1.54) is 5.56 Å². The smallest absolute Gasteiger partial charge is 0.119 e. The Kier molecular flexibility index (Phi) is 7.33. The SMILES string of the molecule is CCOc1ccc(CN2CCN(Cc3ccc(CC)o3)C[C@@H]2CCO)cc1. The van der Waals surface area contributed by atoms with Crippen molar-refractivity contribution in [2.45, 2.75) is 45.8 Å². The Bertz CT molecular complexity index is 683. The molecule has 0 radical (unpaired) electrons. The Balaban J connectivity index is 1.58. The van der Waals surface area contributed by atoms with Gasteiger partial charge in [0.2, 0.25) is 0 Å². The number of aliphatic hydroxyl groups excluding tert-OH is 1. The van der Waals surface area contributed by atoms with Crippen molar-refractivity contribution >= 4 is 0 Å². The number of ether oxygens (including phenoxy) is 1. The molecule has 0 saturated carbocycles. The van der Waals surface area contributed by atoms with E-state index in [0.29, 0.717) is 12.6 Å². The van der Waals surface area contributed by atoms with Crippen molar-refractivity contribution in [3.05, 3.63) is 53.5 Å². The summed E-state index contributed by atoms with van der Waals surface area (Å²) in [4.78, 5) is 4.93. The average Bonchev–Trinajstić information content (AvgIpc) is 3.13. The minimum atomic E-state index is 0.221. The number of rotatable bonds is 9. The highest BCUT2D eigenvalue weighted by Gasteiger charge is 2.27. The molecule has 1 saturated heterocycles. The summed E-state index contributed by atoms with van der Waals surface area (Å²) < 4.78 is 11.4. The summed E-state index contributed by atoms with van der Waals surface area (Å²) >= 11 is 0. The van der Waals surface area contributed by atoms with Crippen LogP contribution in [0.3, 0.4) is 0 Å². The maximum Gasteiger partial charge on any atom is 0.119 e. The lowest BCUT2D eigenvalue weighted by Gasteiger charge is -2.41. The summed E-state index contributed by atoms with van der Waals surface area (Å²) in [6.07, 6.45) is 1.73. The number of aryl methyl sites for hydroxylation is 1. The van der Waals surface area contributed by atoms with Crippen molar-refractivity contribution < 1.29 is 14.3 Å². The third-order valence-electron chi connectivity index (χ3n) is 5.22. The van der Waals surface area contributed by atoms with Crippen LogP contribution in [0, 0.1) is 0 Å². The molecule has 0 bridgehead atoms. The van der Waals surface area contributed by atoms with Crippen molar-refractivity contribution in [1.29, 1.82) is 0 Å². The van der Waals surface area contributed by atoms with E-state index in [0.717, 1.165) is 62.8 Å². The third-order valence-corrected chi connectivity index (χ3v) is 5.22. The molecule has 1 aliphatic heterocycles. The van der Waals surface area contributed by atoms with Gasteiger partial charge in [0.25, 0.3) is 0 Å². The second kappa shape index (κ2) is 9.93. The summed E-state index contributed by atoms with van der Waals surface area (Å²) in [6.45, 7) is 9.75. The highest BCUT2D eigenvalue weighted by atomic mass is 16.5. The number of furan rings is 1. The maximum absolute atomic E-state index is 9.53. The summed E-state index contributed by atoms with van der Waals surface area (Å²) in [5.41, 5.74) is 1.29. The quantitative estimate of drug-likeness (QED) is 0.732. The first-order valence-electron chi connectivity index (χ1n) is 10.1. The molecule has 27 heavy (non-hydrogen) atoms. The van der Waals surface area contributed by atoms with Crippen LogP contribution in [0.2, 0.25) is 0 Å². The number of hydrogen-bond donors (Lipinski definition) is 1. The van der Waals surface area contributed by atoms with Crippen molar-refractivity contribution in [2.75, 3.05) is 32.8 Å². The van der Waals surface area contributed by atoms with E-state index in [1.54, 1.807) is 0 Å². The van der Waals surface area contributed by atoms with Crippen molar-refractivity contribution in [1.82, 2.24) is 9.80 Å². The van der Waals surface area contributed by atoms with Crippen molar-refractivity contribution in [3.63, 3.8) is 0 Å². The predicted octanol–water partition coefficient (Wildman–Crippen LogP) is 3.31. The summed E-state index contributed by atoms with van der Waals surface area (Å²) in [5, 5.41) is 9.53. The number of hydrogen-bond acceptors (Lipinski definition) is 5. The lowest BCUT2D eigenvalue weighted by atomic mass is 10.1. The zero-order valence-electron chi connectivity index (χ0n) is 16.6. The molecule has 1 aliphatic rings. The molecule has 2 heterocycles. The van der Waals surface area contributed by atoms with E-state index in [9.17, 15) is 5.11 Å². The van der Waals surface area contributed by atoms with Crippen LogP contribution in [0.4, 0.5) is 0 Å². The van der Waals surface area contributed by atoms with Crippen LogP contribution >= 0.6 is 0 Å². The summed E-state index contributed by atoms with van der Waals surface area (Å²) in [6, 6.07) is 12.9. The largest absolute Gasteiger partial charge is 0.494 e. The second-order valence-electron chi connectivity index (χ2n) is 7.17. The van der Waals surface area contributed by atoms with Crippen LogP contribution in [0.5, 0.6) is 5.75 Å². The molecule has 1 aromatic heterocycles. The standard InChI is InChI=1S/C22H32N2O3/c1-3-20-9-10-22(27-20)17-23-12-13-24(19(16-23)11-14-25)15-18-5-7-21(8-6-18)26-4-2/h5-10,19,25H,3-4,11-17H2,1-2H3/t19-/m0/s1. The zero-order chi connectivity index (χ0) is 19.1. The lowest BCUT2D eigenvalue weighted by molar-refractivity contribution is 0.0467. The zero-order valence-corrected chi connectivity index (χ0v) is 16.6. The number of benzene rings is 1. The molecular weight excluding hydrogens is 340 g/mol. The minimum absolute atomic E-state index is 0.221. The highest BCUT2D eigenvalue weighted by Crippen LogP contribution is 2.20. The van der Waals surface area contributed by atoms with Gasteiger partial charge in [-0.1, -0.05) is 19.1 Å². The fourth-order valence-electron chi connectivity index (χ4n) is 3.74. The molecule has 0 aliphatic carbocycles. The van der Waals surface area contributed by atoms with Gasteiger partial charge in [0.15, 0.2) is 0 Å². The molecule has 1 aromatic carbocycles. The van der Waals surface area contributed by atoms with Gasteiger partial charge in [-0.05, 0) is 43.2 Å². The van der Waals surface area contributed by atoms with Gasteiger partial charge in [0, 0.05) is 45.2 Å². The lowest BCUT2D eigenvalue weighted by Crippen LogP contribution is -2.52. The van der Waals surface area contributed by atoms with Gasteiger partial charge >= 0.3 is 0 Å². The highest BCUT2D eigenvalue weighted by molar-refractivity contribution is 5.27. The summed E-state index contributed by atoms with van der Waals surface area (Å²) in [7, 11) is 0. The van der Waals surface area contributed by atoms with Crippen molar-refractivity contribution in [2.24, 2.45) is 0 Å². The molecule has 5 heteroatoms. The Morgan fingerprint density at radius 2 is 1.81 bits per heavy atom. The molecule has 1 N–H and O–H groups in total. The Morgan fingerprint density at radius 1 is 1.04 bits per heavy atom. The monoisotopic (exact) mass is 372 g/mol. The third kappa shape index (κ3) is 5.58. The number of aliphatic hydroxyl groups is 1. The van der Waals surface area contributed by atoms with Gasteiger partial charge in [-0.15, -0.1) is 0 Å². The van der Waals surface area contributed by atoms with Gasteiger partial charge in [-0.3, -0.25) is 9.80 Å². The van der Waals surface area contributed by atoms with Gasteiger partial charge < -0.3 is 14.3 Å². The van der Waals surface area contributed by atoms with Crippen molar-refractivity contribution in [3.8, 4) is 5.75 Å². The Hall–Kier alpha value is -1.82. The van der Waals surface area contributed by atoms with Crippen LogP contribution in [0.25, 0.3) is 0 Å². The Labute approximate surface area is 162 Å². The number of piperazine rings is 1. The molecule has 3 rings (SSSR count). The molecule has 0 unspecified atom stereocenters. The fourth-order valence-corrected chi connectivity index (χ4v) is 3.74. The molecule has 5 nitrogen and oxygen atoms in total. The first-order valence-corrected chi connectivity index (χ1v) is 10.1. The van der Waals surface area contributed by atoms with E-state index >= 15 is 0 Å². The maximum atomic E-state index is 9.53. The molecule has 1 atom stereocenters. The first-order chi connectivity index (χ1) is 13.2. The van der Waals surface area contributed by atoms with Crippen LogP contribution in [0.1, 0.15) is 37.4 Å². The second-order valence-corrected chi connectivity index (χ2v) is 7.17. The molecule has 0 amide bonds. The molecule has 2 aromatic rings. The molecule has 1 fully saturated rings. The summed E-state index contributed by atoms with van der Waals surface area (Å²) in [5.74, 6) is 3.00. The van der Waals surface area contributed by atoms with E-state index < -0.39 is 0 Å². The average molecular weight is 373 g/mol. The molecular formula is C22H32N2O3. The molecule has 148 valence electrons.